The van der Waals surface area contributed by atoms with Gasteiger partial charge in [0.1, 0.15) is 0 Å². The van der Waals surface area contributed by atoms with Gasteiger partial charge in [0.15, 0.2) is 0 Å². The van der Waals surface area contributed by atoms with Crippen molar-refractivity contribution in [3.8, 4) is 6.07 Å². The molecule has 0 bridgehead atoms. The molecule has 104 valence electrons. The quantitative estimate of drug-likeness (QED) is 0.838. The molecule has 2 N–H and O–H groups in total. The Bertz CT molecular complexity index is 699. The van der Waals surface area contributed by atoms with Crippen molar-refractivity contribution in [3.05, 3.63) is 65.2 Å². The molecule has 2 aromatic carbocycles. The van der Waals surface area contributed by atoms with Crippen LogP contribution in [0.2, 0.25) is 0 Å². The molecular weight excluding hydrogens is 258 g/mol. The Hall–Kier alpha value is -2.31. The van der Waals surface area contributed by atoms with Crippen molar-refractivity contribution in [1.82, 2.24) is 5.32 Å². The van der Waals surface area contributed by atoms with E-state index in [0.29, 0.717) is 18.0 Å². The van der Waals surface area contributed by atoms with Gasteiger partial charge in [-0.3, -0.25) is 0 Å². The van der Waals surface area contributed by atoms with Crippen LogP contribution in [-0.2, 0) is 0 Å². The van der Waals surface area contributed by atoms with Crippen molar-refractivity contribution in [3.63, 3.8) is 0 Å². The summed E-state index contributed by atoms with van der Waals surface area (Å²) in [6.07, 6.45) is 1.18. The lowest BCUT2D eigenvalue weighted by molar-refractivity contribution is 0.391. The first-order valence-electron chi connectivity index (χ1n) is 7.46. The van der Waals surface area contributed by atoms with Crippen molar-refractivity contribution in [2.45, 2.75) is 18.5 Å². The molecule has 3 atom stereocenters. The predicted molar refractivity (Wildman–Crippen MR) is 82.8 cm³/mol. The molecule has 4 rings (SSSR count). The van der Waals surface area contributed by atoms with Gasteiger partial charge in [0.2, 0.25) is 0 Å². The molecule has 2 aliphatic heterocycles. The largest absolute Gasteiger partial charge is 0.378 e. The summed E-state index contributed by atoms with van der Waals surface area (Å²) in [5.74, 6) is 0.563. The molecule has 0 saturated carbocycles. The third-order valence-electron chi connectivity index (χ3n) is 4.70. The average Bonchev–Trinajstić information content (AvgIpc) is 3.04. The summed E-state index contributed by atoms with van der Waals surface area (Å²) in [5, 5.41) is 16.3. The monoisotopic (exact) mass is 275 g/mol. The fraction of sp³-hybridized carbons (Fsp3) is 0.278. The first kappa shape index (κ1) is 12.4. The zero-order valence-electron chi connectivity index (χ0n) is 11.7. The summed E-state index contributed by atoms with van der Waals surface area (Å²) < 4.78 is 0. The van der Waals surface area contributed by atoms with Crippen LogP contribution < -0.4 is 10.6 Å². The molecule has 0 unspecified atom stereocenters. The van der Waals surface area contributed by atoms with Crippen LogP contribution in [0.3, 0.4) is 0 Å². The van der Waals surface area contributed by atoms with Crippen LogP contribution in [0.15, 0.2) is 48.5 Å². The molecule has 0 aliphatic carbocycles. The minimum atomic E-state index is 0.313. The fourth-order valence-corrected chi connectivity index (χ4v) is 3.69. The summed E-state index contributed by atoms with van der Waals surface area (Å²) >= 11 is 0. The second-order valence-corrected chi connectivity index (χ2v) is 5.83. The molecule has 2 heterocycles. The maximum atomic E-state index is 8.94. The van der Waals surface area contributed by atoms with E-state index in [2.05, 4.69) is 53.1 Å². The number of rotatable bonds is 1. The normalized spacial score (nSPS) is 26.3. The van der Waals surface area contributed by atoms with Gasteiger partial charge in [-0.05, 0) is 42.3 Å². The molecule has 2 aliphatic rings. The third-order valence-corrected chi connectivity index (χ3v) is 4.70. The Morgan fingerprint density at radius 1 is 1.00 bits per heavy atom. The lowest BCUT2D eigenvalue weighted by Gasteiger charge is -2.37. The van der Waals surface area contributed by atoms with Crippen molar-refractivity contribution in [1.29, 1.82) is 5.26 Å². The van der Waals surface area contributed by atoms with E-state index in [4.69, 9.17) is 5.26 Å². The number of nitrogens with zero attached hydrogens (tertiary/aromatic N) is 1. The highest BCUT2D eigenvalue weighted by Crippen LogP contribution is 2.46. The Kier molecular flexibility index (Phi) is 2.90. The molecule has 3 heteroatoms. The summed E-state index contributed by atoms with van der Waals surface area (Å²) in [4.78, 5) is 0. The molecule has 1 fully saturated rings. The zero-order valence-corrected chi connectivity index (χ0v) is 11.7. The van der Waals surface area contributed by atoms with Gasteiger partial charge < -0.3 is 10.6 Å². The van der Waals surface area contributed by atoms with E-state index in [1.54, 1.807) is 0 Å². The Balaban J connectivity index is 1.74. The summed E-state index contributed by atoms with van der Waals surface area (Å²) in [7, 11) is 0. The maximum Gasteiger partial charge on any atom is 0.0991 e. The average molecular weight is 275 g/mol. The van der Waals surface area contributed by atoms with Crippen molar-refractivity contribution >= 4 is 5.69 Å². The van der Waals surface area contributed by atoms with Gasteiger partial charge in [0.05, 0.1) is 17.7 Å². The number of nitrogens with one attached hydrogen (secondary N) is 2. The van der Waals surface area contributed by atoms with Crippen LogP contribution in [0, 0.1) is 17.2 Å². The van der Waals surface area contributed by atoms with E-state index < -0.39 is 0 Å². The molecule has 0 spiro atoms. The minimum absolute atomic E-state index is 0.313. The molecule has 1 saturated heterocycles. The van der Waals surface area contributed by atoms with E-state index in [0.717, 1.165) is 12.1 Å². The highest BCUT2D eigenvalue weighted by Gasteiger charge is 2.39. The number of hydrogen-bond acceptors (Lipinski definition) is 3. The van der Waals surface area contributed by atoms with Crippen LogP contribution in [0.5, 0.6) is 0 Å². The van der Waals surface area contributed by atoms with E-state index in [-0.39, 0.29) is 0 Å². The second kappa shape index (κ2) is 4.91. The number of anilines is 1. The number of hydrogen-bond donors (Lipinski definition) is 2. The lowest BCUT2D eigenvalue weighted by Crippen LogP contribution is -2.32. The van der Waals surface area contributed by atoms with Crippen LogP contribution in [0.25, 0.3) is 0 Å². The SMILES string of the molecule is N#Cc1ccc([C@@H]2Nc3ccccc3[C@@H]3NCC[C@H]23)cc1. The van der Waals surface area contributed by atoms with Crippen molar-refractivity contribution < 1.29 is 0 Å². The van der Waals surface area contributed by atoms with E-state index >= 15 is 0 Å². The molecule has 0 radical (unpaired) electrons. The van der Waals surface area contributed by atoms with Crippen LogP contribution in [0.1, 0.15) is 35.2 Å². The Morgan fingerprint density at radius 3 is 2.62 bits per heavy atom. The van der Waals surface area contributed by atoms with Gasteiger partial charge in [0, 0.05) is 17.6 Å². The summed E-state index contributed by atoms with van der Waals surface area (Å²) in [6.45, 7) is 1.07. The van der Waals surface area contributed by atoms with Gasteiger partial charge in [0.25, 0.3) is 0 Å². The van der Waals surface area contributed by atoms with Gasteiger partial charge in [-0.1, -0.05) is 30.3 Å². The van der Waals surface area contributed by atoms with Crippen LogP contribution >= 0.6 is 0 Å². The van der Waals surface area contributed by atoms with Crippen LogP contribution in [0.4, 0.5) is 5.69 Å². The highest BCUT2D eigenvalue weighted by atomic mass is 15.0. The molecule has 2 aromatic rings. The van der Waals surface area contributed by atoms with Gasteiger partial charge in [-0.2, -0.15) is 5.26 Å². The van der Waals surface area contributed by atoms with E-state index in [1.165, 1.54) is 23.2 Å². The van der Waals surface area contributed by atoms with Gasteiger partial charge >= 0.3 is 0 Å². The van der Waals surface area contributed by atoms with Gasteiger partial charge in [-0.15, -0.1) is 0 Å². The first-order valence-corrected chi connectivity index (χ1v) is 7.46. The molecule has 0 aromatic heterocycles. The highest BCUT2D eigenvalue weighted by molar-refractivity contribution is 5.57. The smallest absolute Gasteiger partial charge is 0.0991 e. The second-order valence-electron chi connectivity index (χ2n) is 5.83. The van der Waals surface area contributed by atoms with Crippen molar-refractivity contribution in [2.24, 2.45) is 5.92 Å². The fourth-order valence-electron chi connectivity index (χ4n) is 3.69. The standard InChI is InChI=1S/C18H17N3/c19-11-12-5-7-13(8-6-12)17-15-9-10-20-18(15)14-3-1-2-4-16(14)21-17/h1-8,15,17-18,20-21H,9-10H2/t15-,17+,18+/m1/s1. The summed E-state index contributed by atoms with van der Waals surface area (Å²) in [6, 6.07) is 19.5. The predicted octanol–water partition coefficient (Wildman–Crippen LogP) is 3.38. The number of nitriles is 1. The number of benzene rings is 2. The third kappa shape index (κ3) is 2.00. The number of fused-ring (bicyclic) bond motifs is 3. The molecule has 21 heavy (non-hydrogen) atoms. The van der Waals surface area contributed by atoms with Crippen LogP contribution in [-0.4, -0.2) is 6.54 Å². The molecular formula is C18H17N3. The van der Waals surface area contributed by atoms with Gasteiger partial charge in [-0.25, -0.2) is 0 Å². The van der Waals surface area contributed by atoms with E-state index in [1.807, 2.05) is 12.1 Å². The molecule has 0 amide bonds. The van der Waals surface area contributed by atoms with Crippen molar-refractivity contribution in [2.75, 3.05) is 11.9 Å². The minimum Gasteiger partial charge on any atom is -0.378 e. The topological polar surface area (TPSA) is 47.9 Å². The Labute approximate surface area is 124 Å². The lowest BCUT2D eigenvalue weighted by atomic mass is 9.80. The zero-order chi connectivity index (χ0) is 14.2. The summed E-state index contributed by atoms with van der Waals surface area (Å²) in [5.41, 5.74) is 4.59. The van der Waals surface area contributed by atoms with E-state index in [9.17, 15) is 0 Å². The maximum absolute atomic E-state index is 8.94. The Morgan fingerprint density at radius 2 is 1.81 bits per heavy atom. The first-order chi connectivity index (χ1) is 10.4. The molecule has 3 nitrogen and oxygen atoms in total. The number of para-hydroxylation sites is 1.